The highest BCUT2D eigenvalue weighted by Crippen LogP contribution is 2.47. The fourth-order valence-corrected chi connectivity index (χ4v) is 10.5. The van der Waals surface area contributed by atoms with Crippen LogP contribution in [0.5, 0.6) is 5.75 Å². The molecule has 0 unspecified atom stereocenters. The lowest BCUT2D eigenvalue weighted by Gasteiger charge is -2.26. The maximum atomic E-state index is 14.2. The molecule has 0 spiro atoms. The van der Waals surface area contributed by atoms with Crippen LogP contribution in [0.3, 0.4) is 0 Å². The van der Waals surface area contributed by atoms with Crippen molar-refractivity contribution in [2.24, 2.45) is 4.99 Å². The van der Waals surface area contributed by atoms with Crippen LogP contribution in [0.15, 0.2) is 178 Å². The Bertz CT molecular complexity index is 3460. The quantitative estimate of drug-likeness (QED) is 0.148. The fourth-order valence-electron chi connectivity index (χ4n) is 7.40. The number of aliphatic imine (C=N–C) groups is 1. The summed E-state index contributed by atoms with van der Waals surface area (Å²) in [5.74, 6) is -3.22. The molecule has 0 saturated carbocycles. The van der Waals surface area contributed by atoms with Crippen LogP contribution in [-0.2, 0) is 29.6 Å². The highest BCUT2D eigenvalue weighted by molar-refractivity contribution is 7.93. The van der Waals surface area contributed by atoms with Gasteiger partial charge in [0.2, 0.25) is 17.3 Å². The average Bonchev–Trinajstić information content (AvgIpc) is 4.01. The predicted molar refractivity (Wildman–Crippen MR) is 230 cm³/mol. The van der Waals surface area contributed by atoms with Gasteiger partial charge in [0.1, 0.15) is 22.8 Å². The van der Waals surface area contributed by atoms with Crippen LogP contribution in [-0.4, -0.2) is 67.2 Å². The molecule has 6 aromatic carbocycles. The van der Waals surface area contributed by atoms with Crippen molar-refractivity contribution >= 4 is 83.2 Å². The van der Waals surface area contributed by atoms with E-state index in [-0.39, 0.29) is 56.4 Å². The maximum absolute atomic E-state index is 14.2. The summed E-state index contributed by atoms with van der Waals surface area (Å²) in [6, 6.07) is 37.8. The van der Waals surface area contributed by atoms with E-state index in [1.807, 2.05) is 24.3 Å². The molecule has 0 amide bonds. The van der Waals surface area contributed by atoms with Crippen molar-refractivity contribution in [1.29, 1.82) is 0 Å². The zero-order chi connectivity index (χ0) is 45.5. The molecule has 0 radical (unpaired) electrons. The monoisotopic (exact) mass is 892 g/mol. The van der Waals surface area contributed by atoms with Crippen molar-refractivity contribution in [2.75, 3.05) is 8.61 Å². The van der Waals surface area contributed by atoms with E-state index in [1.54, 1.807) is 30.3 Å². The Morgan fingerprint density at radius 2 is 1.06 bits per heavy atom. The Kier molecular flexibility index (Phi) is 10.8. The molecular formula is C46H28N4O12S2. The third-order valence-corrected chi connectivity index (χ3v) is 13.6. The summed E-state index contributed by atoms with van der Waals surface area (Å²) in [5.41, 5.74) is 0.708. The van der Waals surface area contributed by atoms with Gasteiger partial charge in [-0.3, -0.25) is 14.4 Å². The Morgan fingerprint density at radius 3 is 1.62 bits per heavy atom. The number of sulfonamides is 2. The number of ketones is 3. The van der Waals surface area contributed by atoms with E-state index in [0.717, 1.165) is 17.6 Å². The number of aromatic nitrogens is 1. The molecule has 3 N–H and O–H groups in total. The first-order valence-electron chi connectivity index (χ1n) is 18.7. The first-order valence-corrected chi connectivity index (χ1v) is 21.6. The number of aromatic hydroxyl groups is 1. The third kappa shape index (κ3) is 6.94. The molecule has 16 nitrogen and oxygen atoms in total. The Hall–Kier alpha value is -8.57. The Labute approximate surface area is 362 Å². The summed E-state index contributed by atoms with van der Waals surface area (Å²) in [4.78, 5) is 74.8. The molecule has 0 aliphatic carbocycles. The minimum Gasteiger partial charge on any atom is -0.505 e. The number of H-pyrrole nitrogens is 1. The molecule has 316 valence electrons. The number of rotatable bonds is 6. The molecule has 0 fully saturated rings. The van der Waals surface area contributed by atoms with Gasteiger partial charge in [0.15, 0.2) is 5.75 Å². The number of aromatic carboxylic acids is 1. The molecule has 4 heterocycles. The average molecular weight is 893 g/mol. The first-order chi connectivity index (χ1) is 30.7. The second kappa shape index (κ2) is 16.4. The highest BCUT2D eigenvalue weighted by Gasteiger charge is 2.50. The summed E-state index contributed by atoms with van der Waals surface area (Å²) in [5, 5.41) is 20.4. The van der Waals surface area contributed by atoms with Gasteiger partial charge in [0.05, 0.1) is 32.4 Å². The zero-order valence-corrected chi connectivity index (χ0v) is 34.2. The molecular weight excluding hydrogens is 865 g/mol. The van der Waals surface area contributed by atoms with E-state index in [4.69, 9.17) is 9.59 Å². The van der Waals surface area contributed by atoms with Crippen LogP contribution in [0.25, 0.3) is 10.9 Å². The van der Waals surface area contributed by atoms with Crippen LogP contribution >= 0.6 is 0 Å². The number of benzene rings is 6. The number of carbonyl (C=O) groups excluding carboxylic acids is 5. The number of carbonyl (C=O) groups is 4. The molecule has 0 atom stereocenters. The second-order valence-electron chi connectivity index (χ2n) is 13.9. The van der Waals surface area contributed by atoms with Crippen LogP contribution in [0.4, 0.5) is 17.1 Å². The number of nitrogens with one attached hydrogen (secondary N) is 1. The maximum Gasteiger partial charge on any atom is 0.373 e. The molecule has 7 aromatic rings. The first kappa shape index (κ1) is 42.1. The summed E-state index contributed by atoms with van der Waals surface area (Å²) >= 11 is 0. The van der Waals surface area contributed by atoms with Crippen molar-refractivity contribution in [3.05, 3.63) is 191 Å². The van der Waals surface area contributed by atoms with E-state index >= 15 is 0 Å². The third-order valence-electron chi connectivity index (χ3n) is 10.2. The van der Waals surface area contributed by atoms with Crippen molar-refractivity contribution < 1.29 is 55.8 Å². The lowest BCUT2D eigenvalue weighted by Crippen LogP contribution is -2.36. The number of nitrogens with zero attached hydrogens (tertiary/aromatic N) is 3. The van der Waals surface area contributed by atoms with E-state index in [9.17, 15) is 46.2 Å². The number of anilines is 2. The van der Waals surface area contributed by atoms with E-state index in [2.05, 4.69) is 9.98 Å². The molecule has 64 heavy (non-hydrogen) atoms. The predicted octanol–water partition coefficient (Wildman–Crippen LogP) is 6.69. The fraction of sp³-hybridized carbons (Fsp3) is 0. The van der Waals surface area contributed by atoms with Gasteiger partial charge in [0, 0.05) is 27.6 Å². The summed E-state index contributed by atoms with van der Waals surface area (Å²) in [6.07, 6.45) is 0.250. The number of fused-ring (bicyclic) bond motifs is 4. The molecule has 3 aliphatic rings. The SMILES string of the molecule is O=C(O)c1cccc(S(=O)(=O)N2/C(=C3\C(=O)c4ccccc4N3S(=O)(=O)c3ccccc3)C(=O)c3ccccc32)c1.O=C1C(c2[nH]c3ccccc3c2O)=Nc2ccccc21.O=C=O. The summed E-state index contributed by atoms with van der Waals surface area (Å²) < 4.78 is 57.7. The van der Waals surface area contributed by atoms with Crippen molar-refractivity contribution in [2.45, 2.75) is 9.79 Å². The minimum atomic E-state index is -4.75. The van der Waals surface area contributed by atoms with E-state index in [0.29, 0.717) is 30.9 Å². The van der Waals surface area contributed by atoms with Gasteiger partial charge in [-0.1, -0.05) is 72.8 Å². The van der Waals surface area contributed by atoms with Gasteiger partial charge in [-0.2, -0.15) is 9.59 Å². The van der Waals surface area contributed by atoms with Crippen molar-refractivity contribution in [3.63, 3.8) is 0 Å². The summed E-state index contributed by atoms with van der Waals surface area (Å²) in [7, 11) is -9.29. The number of carboxylic acid groups (broad SMARTS) is 1. The number of para-hydroxylation sites is 4. The number of aromatic amines is 1. The van der Waals surface area contributed by atoms with Gasteiger partial charge in [-0.25, -0.2) is 35.2 Å². The molecule has 10 rings (SSSR count). The highest BCUT2D eigenvalue weighted by atomic mass is 32.2. The normalized spacial score (nSPS) is 15.0. The smallest absolute Gasteiger partial charge is 0.373 e. The van der Waals surface area contributed by atoms with E-state index < -0.39 is 53.9 Å². The van der Waals surface area contributed by atoms with Crippen molar-refractivity contribution in [3.8, 4) is 5.75 Å². The molecule has 0 bridgehead atoms. The number of hydrogen-bond donors (Lipinski definition) is 3. The largest absolute Gasteiger partial charge is 0.505 e. The van der Waals surface area contributed by atoms with Crippen LogP contribution in [0.1, 0.15) is 47.1 Å². The zero-order valence-electron chi connectivity index (χ0n) is 32.6. The van der Waals surface area contributed by atoms with Crippen molar-refractivity contribution in [1.82, 2.24) is 4.98 Å². The van der Waals surface area contributed by atoms with Gasteiger partial charge in [-0.15, -0.1) is 0 Å². The van der Waals surface area contributed by atoms with E-state index in [1.165, 1.54) is 84.9 Å². The number of Topliss-reactive ketones (excluding diaryl/α,β-unsaturated/α-hetero) is 3. The molecule has 1 aromatic heterocycles. The second-order valence-corrected chi connectivity index (χ2v) is 17.4. The summed E-state index contributed by atoms with van der Waals surface area (Å²) in [6.45, 7) is 0. The Morgan fingerprint density at radius 1 is 0.578 bits per heavy atom. The lowest BCUT2D eigenvalue weighted by molar-refractivity contribution is -0.191. The van der Waals surface area contributed by atoms with Gasteiger partial charge >= 0.3 is 12.1 Å². The van der Waals surface area contributed by atoms with Gasteiger partial charge in [-0.05, 0) is 78.9 Å². The number of carboxylic acids is 1. The number of hydrogen-bond acceptors (Lipinski definition) is 12. The lowest BCUT2D eigenvalue weighted by atomic mass is 10.1. The van der Waals surface area contributed by atoms with Crippen LogP contribution in [0, 0.1) is 0 Å². The van der Waals surface area contributed by atoms with Gasteiger partial charge in [0.25, 0.3) is 20.0 Å². The van der Waals surface area contributed by atoms with Crippen LogP contribution < -0.4 is 8.61 Å². The van der Waals surface area contributed by atoms with Gasteiger partial charge < -0.3 is 15.2 Å². The topological polar surface area (TPSA) is 246 Å². The van der Waals surface area contributed by atoms with Crippen LogP contribution in [0.2, 0.25) is 0 Å². The minimum absolute atomic E-state index is 0.0384. The molecule has 3 aliphatic heterocycles. The molecule has 18 heteroatoms. The molecule has 0 saturated heterocycles. The Balaban J connectivity index is 0.000000202. The number of allylic oxidation sites excluding steroid dienone is 2. The standard InChI is InChI=1S/C29H18N2O8S2.C16H10N2O2.CO2/c32-27-21-13-4-6-15-23(21)30(40(36,37)19-10-2-1-3-11-19)25(27)26-28(33)22-14-5-7-16-24(22)31(26)41(38,39)20-12-8-9-18(17-20)29(34)35;19-15-9-5-1-3-7-11(9)17-13(15)14-16(20)10-6-2-4-8-12(10)18-14;2-1-3/h1-17H,(H,34,35);1-8,17,19H;/b26-25+;;.